The number of ether oxygens (including phenoxy) is 1. The lowest BCUT2D eigenvalue weighted by atomic mass is 10.2. The fraction of sp³-hybridized carbons (Fsp3) is 0.316. The van der Waals surface area contributed by atoms with E-state index >= 15 is 0 Å². The zero-order valence-electron chi connectivity index (χ0n) is 15.2. The summed E-state index contributed by atoms with van der Waals surface area (Å²) >= 11 is 0. The van der Waals surface area contributed by atoms with Gasteiger partial charge in [0, 0.05) is 19.5 Å². The van der Waals surface area contributed by atoms with Crippen LogP contribution in [-0.4, -0.2) is 34.2 Å². The van der Waals surface area contributed by atoms with Crippen molar-refractivity contribution in [3.8, 4) is 5.75 Å². The Morgan fingerprint density at radius 2 is 1.85 bits per heavy atom. The van der Waals surface area contributed by atoms with Gasteiger partial charge in [0.25, 0.3) is 0 Å². The molecule has 1 N–H and O–H groups in total. The van der Waals surface area contributed by atoms with Crippen molar-refractivity contribution >= 4 is 21.6 Å². The van der Waals surface area contributed by atoms with Crippen LogP contribution in [0.4, 0.5) is 5.69 Å². The lowest BCUT2D eigenvalue weighted by molar-refractivity contribution is -0.121. The summed E-state index contributed by atoms with van der Waals surface area (Å²) in [6.45, 7) is 2.37. The Bertz CT molecular complexity index is 848. The van der Waals surface area contributed by atoms with Crippen molar-refractivity contribution in [1.82, 2.24) is 5.32 Å². The molecular weight excluding hydrogens is 352 g/mol. The molecule has 140 valence electrons. The van der Waals surface area contributed by atoms with Gasteiger partial charge in [-0.25, -0.2) is 8.42 Å². The van der Waals surface area contributed by atoms with Crippen LogP contribution in [0, 0.1) is 6.92 Å². The molecule has 0 heterocycles. The van der Waals surface area contributed by atoms with E-state index in [0.29, 0.717) is 12.2 Å². The Kier molecular flexibility index (Phi) is 6.63. The molecule has 2 aromatic rings. The van der Waals surface area contributed by atoms with Gasteiger partial charge in [0.2, 0.25) is 15.9 Å². The molecule has 1 amide bonds. The van der Waals surface area contributed by atoms with Gasteiger partial charge in [-0.1, -0.05) is 24.3 Å². The molecule has 7 heteroatoms. The lowest BCUT2D eigenvalue weighted by Gasteiger charge is -2.22. The van der Waals surface area contributed by atoms with Crippen LogP contribution in [0.25, 0.3) is 0 Å². The quantitative estimate of drug-likeness (QED) is 0.768. The molecule has 6 nitrogen and oxygen atoms in total. The molecule has 0 radical (unpaired) electrons. The highest BCUT2D eigenvalue weighted by Crippen LogP contribution is 2.19. The molecule has 0 aromatic heterocycles. The van der Waals surface area contributed by atoms with Gasteiger partial charge < -0.3 is 10.1 Å². The molecule has 0 saturated carbocycles. The number of hydrogen-bond acceptors (Lipinski definition) is 4. The molecule has 0 unspecified atom stereocenters. The molecule has 0 fully saturated rings. The maximum Gasteiger partial charge on any atom is 0.232 e. The van der Waals surface area contributed by atoms with E-state index in [0.717, 1.165) is 23.1 Å². The molecule has 0 aliphatic carbocycles. The summed E-state index contributed by atoms with van der Waals surface area (Å²) in [6, 6.07) is 14.6. The number of sulfonamides is 1. The lowest BCUT2D eigenvalue weighted by Crippen LogP contribution is -2.34. The first-order valence-corrected chi connectivity index (χ1v) is 10.1. The number of anilines is 1. The second-order valence-electron chi connectivity index (χ2n) is 6.05. The van der Waals surface area contributed by atoms with E-state index in [1.807, 2.05) is 37.3 Å². The highest BCUT2D eigenvalue weighted by molar-refractivity contribution is 7.92. The smallest absolute Gasteiger partial charge is 0.232 e. The fourth-order valence-corrected chi connectivity index (χ4v) is 3.42. The Morgan fingerprint density at radius 3 is 2.42 bits per heavy atom. The first kappa shape index (κ1) is 19.8. The van der Waals surface area contributed by atoms with Crippen LogP contribution in [-0.2, 0) is 21.4 Å². The minimum absolute atomic E-state index is 0.0805. The van der Waals surface area contributed by atoms with Gasteiger partial charge >= 0.3 is 0 Å². The second-order valence-corrected chi connectivity index (χ2v) is 7.96. The molecule has 0 aliphatic heterocycles. The van der Waals surface area contributed by atoms with Crippen molar-refractivity contribution in [2.45, 2.75) is 19.9 Å². The van der Waals surface area contributed by atoms with Crippen LogP contribution in [0.5, 0.6) is 5.75 Å². The third kappa shape index (κ3) is 5.77. The predicted octanol–water partition coefficient (Wildman–Crippen LogP) is 2.48. The molecule has 0 bridgehead atoms. The predicted molar refractivity (Wildman–Crippen MR) is 103 cm³/mol. The van der Waals surface area contributed by atoms with E-state index in [-0.39, 0.29) is 18.9 Å². The number of methoxy groups -OCH3 is 1. The maximum atomic E-state index is 12.1. The third-order valence-corrected chi connectivity index (χ3v) is 5.07. The zero-order chi connectivity index (χ0) is 19.2. The summed E-state index contributed by atoms with van der Waals surface area (Å²) in [4.78, 5) is 12.1. The van der Waals surface area contributed by atoms with E-state index in [9.17, 15) is 13.2 Å². The highest BCUT2D eigenvalue weighted by Gasteiger charge is 2.18. The van der Waals surface area contributed by atoms with Gasteiger partial charge in [-0.3, -0.25) is 9.10 Å². The van der Waals surface area contributed by atoms with Crippen LogP contribution < -0.4 is 14.4 Å². The summed E-state index contributed by atoms with van der Waals surface area (Å²) in [6.07, 6.45) is 1.22. The van der Waals surface area contributed by atoms with E-state index in [4.69, 9.17) is 4.74 Å². The summed E-state index contributed by atoms with van der Waals surface area (Å²) in [5, 5.41) is 2.80. The number of benzene rings is 2. The number of amides is 1. The molecule has 0 spiro atoms. The number of nitrogens with zero attached hydrogens (tertiary/aromatic N) is 1. The number of rotatable bonds is 8. The van der Waals surface area contributed by atoms with E-state index < -0.39 is 10.0 Å². The van der Waals surface area contributed by atoms with Crippen LogP contribution in [0.2, 0.25) is 0 Å². The van der Waals surface area contributed by atoms with E-state index in [1.54, 1.807) is 25.3 Å². The van der Waals surface area contributed by atoms with Crippen LogP contribution >= 0.6 is 0 Å². The molecule has 26 heavy (non-hydrogen) atoms. The van der Waals surface area contributed by atoms with Gasteiger partial charge in [-0.05, 0) is 42.3 Å². The van der Waals surface area contributed by atoms with Crippen molar-refractivity contribution in [3.05, 3.63) is 59.7 Å². The largest absolute Gasteiger partial charge is 0.497 e. The summed E-state index contributed by atoms with van der Waals surface area (Å²) in [7, 11) is -1.87. The summed E-state index contributed by atoms with van der Waals surface area (Å²) in [5.41, 5.74) is 2.47. The van der Waals surface area contributed by atoms with Crippen molar-refractivity contribution < 1.29 is 17.9 Å². The van der Waals surface area contributed by atoms with Crippen LogP contribution in [0.15, 0.2) is 48.5 Å². The molecule has 0 saturated heterocycles. The normalized spacial score (nSPS) is 11.0. The van der Waals surface area contributed by atoms with Crippen molar-refractivity contribution in [1.29, 1.82) is 0 Å². The Balaban J connectivity index is 1.94. The van der Waals surface area contributed by atoms with Gasteiger partial charge in [-0.2, -0.15) is 0 Å². The summed E-state index contributed by atoms with van der Waals surface area (Å²) < 4.78 is 30.5. The summed E-state index contributed by atoms with van der Waals surface area (Å²) in [5.74, 6) is 0.546. The molecule has 0 atom stereocenters. The average Bonchev–Trinajstić information content (AvgIpc) is 2.59. The Morgan fingerprint density at radius 1 is 1.15 bits per heavy atom. The van der Waals surface area contributed by atoms with Crippen molar-refractivity contribution in [2.75, 3.05) is 24.2 Å². The highest BCUT2D eigenvalue weighted by atomic mass is 32.2. The SMILES string of the molecule is COc1ccc(CNC(=O)CCN(c2cccc(C)c2)S(C)(=O)=O)cc1. The monoisotopic (exact) mass is 376 g/mol. The van der Waals surface area contributed by atoms with E-state index in [2.05, 4.69) is 5.32 Å². The molecular formula is C19H24N2O4S. The number of nitrogens with one attached hydrogen (secondary N) is 1. The van der Waals surface area contributed by atoms with E-state index in [1.165, 1.54) is 4.31 Å². The Hall–Kier alpha value is -2.54. The zero-order valence-corrected chi connectivity index (χ0v) is 16.0. The number of hydrogen-bond donors (Lipinski definition) is 1. The minimum Gasteiger partial charge on any atom is -0.497 e. The molecule has 2 rings (SSSR count). The average molecular weight is 376 g/mol. The third-order valence-electron chi connectivity index (χ3n) is 3.88. The van der Waals surface area contributed by atoms with Gasteiger partial charge in [-0.15, -0.1) is 0 Å². The van der Waals surface area contributed by atoms with Crippen molar-refractivity contribution in [3.63, 3.8) is 0 Å². The first-order valence-electron chi connectivity index (χ1n) is 8.23. The number of carbonyl (C=O) groups excluding carboxylic acids is 1. The van der Waals surface area contributed by atoms with Crippen molar-refractivity contribution in [2.24, 2.45) is 0 Å². The van der Waals surface area contributed by atoms with Gasteiger partial charge in [0.1, 0.15) is 5.75 Å². The van der Waals surface area contributed by atoms with Crippen LogP contribution in [0.1, 0.15) is 17.5 Å². The Labute approximate surface area is 154 Å². The number of aryl methyl sites for hydroxylation is 1. The molecule has 2 aromatic carbocycles. The standard InChI is InChI=1S/C19H24N2O4S/c1-15-5-4-6-17(13-15)21(26(3,23)24)12-11-19(22)20-14-16-7-9-18(25-2)10-8-16/h4-10,13H,11-12,14H2,1-3H3,(H,20,22). The maximum absolute atomic E-state index is 12.1. The molecule has 0 aliphatic rings. The first-order chi connectivity index (χ1) is 12.3. The topological polar surface area (TPSA) is 75.7 Å². The minimum atomic E-state index is -3.47. The second kappa shape index (κ2) is 8.71. The van der Waals surface area contributed by atoms with Crippen LogP contribution in [0.3, 0.4) is 0 Å². The van der Waals surface area contributed by atoms with Gasteiger partial charge in [0.15, 0.2) is 0 Å². The number of carbonyl (C=O) groups is 1. The van der Waals surface area contributed by atoms with Gasteiger partial charge in [0.05, 0.1) is 19.1 Å². The fourth-order valence-electron chi connectivity index (χ4n) is 2.51.